The van der Waals surface area contributed by atoms with E-state index < -0.39 is 11.6 Å². The maximum atomic E-state index is 12.8. The van der Waals surface area contributed by atoms with Gasteiger partial charge in [-0.05, 0) is 31.5 Å². The van der Waals surface area contributed by atoms with Gasteiger partial charge in [-0.15, -0.1) is 0 Å². The quantitative estimate of drug-likeness (QED) is 0.611. The van der Waals surface area contributed by atoms with E-state index in [1.165, 1.54) is 6.07 Å². The molecule has 2 rings (SSSR count). The number of halogens is 2. The molecule has 13 heavy (non-hydrogen) atoms. The van der Waals surface area contributed by atoms with Crippen molar-refractivity contribution >= 4 is 0 Å². The van der Waals surface area contributed by atoms with Gasteiger partial charge in [-0.2, -0.15) is 0 Å². The van der Waals surface area contributed by atoms with E-state index >= 15 is 0 Å². The van der Waals surface area contributed by atoms with Gasteiger partial charge in [-0.3, -0.25) is 0 Å². The molecule has 1 aliphatic rings. The zero-order valence-electron chi connectivity index (χ0n) is 7.47. The fraction of sp³-hybridized carbons (Fsp3) is 0.400. The first-order valence-corrected chi connectivity index (χ1v) is 4.13. The molecule has 0 radical (unpaired) electrons. The van der Waals surface area contributed by atoms with Crippen LogP contribution in [0, 0.1) is 11.6 Å². The number of rotatable bonds is 1. The molecule has 1 aromatic carbocycles. The third-order valence-corrected chi connectivity index (χ3v) is 2.24. The van der Waals surface area contributed by atoms with Crippen molar-refractivity contribution in [2.24, 2.45) is 0 Å². The zero-order valence-corrected chi connectivity index (χ0v) is 7.47. The minimum atomic E-state index is -0.817. The van der Waals surface area contributed by atoms with Crippen LogP contribution in [0.1, 0.15) is 25.5 Å². The topological polar surface area (TPSA) is 12.5 Å². The molecule has 1 saturated heterocycles. The van der Waals surface area contributed by atoms with Crippen molar-refractivity contribution in [2.75, 3.05) is 0 Å². The molecule has 3 heteroatoms. The van der Waals surface area contributed by atoms with Gasteiger partial charge in [-0.1, -0.05) is 6.07 Å². The zero-order chi connectivity index (χ0) is 9.64. The molecule has 0 bridgehead atoms. The Morgan fingerprint density at radius 3 is 2.31 bits per heavy atom. The van der Waals surface area contributed by atoms with Crippen molar-refractivity contribution in [3.05, 3.63) is 35.4 Å². The van der Waals surface area contributed by atoms with Gasteiger partial charge in [0.25, 0.3) is 0 Å². The van der Waals surface area contributed by atoms with Crippen molar-refractivity contribution in [3.63, 3.8) is 0 Å². The fourth-order valence-corrected chi connectivity index (χ4v) is 1.41. The van der Waals surface area contributed by atoms with Gasteiger partial charge in [0, 0.05) is 0 Å². The van der Waals surface area contributed by atoms with Crippen molar-refractivity contribution in [3.8, 4) is 0 Å². The first-order valence-electron chi connectivity index (χ1n) is 4.13. The highest BCUT2D eigenvalue weighted by atomic mass is 19.2. The summed E-state index contributed by atoms with van der Waals surface area (Å²) >= 11 is 0. The van der Waals surface area contributed by atoms with Gasteiger partial charge >= 0.3 is 0 Å². The summed E-state index contributed by atoms with van der Waals surface area (Å²) < 4.78 is 30.6. The van der Waals surface area contributed by atoms with Crippen LogP contribution < -0.4 is 0 Å². The first kappa shape index (κ1) is 8.63. The second-order valence-electron chi connectivity index (χ2n) is 3.77. The Hall–Kier alpha value is -0.960. The summed E-state index contributed by atoms with van der Waals surface area (Å²) in [6.07, 6.45) is -0.0948. The molecule has 1 aliphatic heterocycles. The Bertz CT molecular complexity index is 347. The maximum Gasteiger partial charge on any atom is 0.159 e. The predicted octanol–water partition coefficient (Wildman–Crippen LogP) is 2.81. The lowest BCUT2D eigenvalue weighted by molar-refractivity contribution is 0.325. The van der Waals surface area contributed by atoms with Crippen LogP contribution in [0.3, 0.4) is 0 Å². The molecule has 1 aromatic rings. The Balaban J connectivity index is 2.29. The molecule has 1 nitrogen and oxygen atoms in total. The number of ether oxygens (including phenoxy) is 1. The summed E-state index contributed by atoms with van der Waals surface area (Å²) in [6, 6.07) is 3.87. The van der Waals surface area contributed by atoms with Gasteiger partial charge in [-0.25, -0.2) is 8.78 Å². The van der Waals surface area contributed by atoms with E-state index in [4.69, 9.17) is 4.74 Å². The van der Waals surface area contributed by atoms with Gasteiger partial charge in [0.05, 0.1) is 5.60 Å². The van der Waals surface area contributed by atoms with Gasteiger partial charge in [0.15, 0.2) is 11.6 Å². The minimum Gasteiger partial charge on any atom is -0.362 e. The summed E-state index contributed by atoms with van der Waals surface area (Å²) in [5, 5.41) is 0. The molecule has 0 saturated carbocycles. The van der Waals surface area contributed by atoms with Crippen LogP contribution in [0.5, 0.6) is 0 Å². The molecular weight excluding hydrogens is 174 g/mol. The molecule has 0 aromatic heterocycles. The van der Waals surface area contributed by atoms with Crippen molar-refractivity contribution in [1.82, 2.24) is 0 Å². The van der Waals surface area contributed by atoms with Crippen LogP contribution >= 0.6 is 0 Å². The van der Waals surface area contributed by atoms with Crippen LogP contribution in [0.25, 0.3) is 0 Å². The van der Waals surface area contributed by atoms with Gasteiger partial charge in [0.1, 0.15) is 6.10 Å². The minimum absolute atomic E-state index is 0.0948. The number of hydrogen-bond donors (Lipinski definition) is 0. The number of benzene rings is 1. The lowest BCUT2D eigenvalue weighted by atomic mass is 10.0. The Morgan fingerprint density at radius 2 is 1.85 bits per heavy atom. The lowest BCUT2D eigenvalue weighted by Crippen LogP contribution is -1.98. The first-order chi connectivity index (χ1) is 6.00. The highest BCUT2D eigenvalue weighted by Gasteiger charge is 2.48. The third-order valence-electron chi connectivity index (χ3n) is 2.24. The van der Waals surface area contributed by atoms with E-state index in [0.717, 1.165) is 6.07 Å². The normalized spacial score (nSPS) is 24.5. The number of hydrogen-bond acceptors (Lipinski definition) is 1. The molecule has 0 aliphatic carbocycles. The van der Waals surface area contributed by atoms with E-state index in [1.54, 1.807) is 6.07 Å². The second kappa shape index (κ2) is 2.51. The molecule has 70 valence electrons. The smallest absolute Gasteiger partial charge is 0.159 e. The molecule has 0 spiro atoms. The summed E-state index contributed by atoms with van der Waals surface area (Å²) in [5.41, 5.74) is 0.466. The van der Waals surface area contributed by atoms with Crippen LogP contribution in [-0.2, 0) is 4.74 Å². The third kappa shape index (κ3) is 1.44. The second-order valence-corrected chi connectivity index (χ2v) is 3.77. The van der Waals surface area contributed by atoms with Crippen molar-refractivity contribution < 1.29 is 13.5 Å². The van der Waals surface area contributed by atoms with E-state index in [-0.39, 0.29) is 11.7 Å². The summed E-state index contributed by atoms with van der Waals surface area (Å²) in [6.45, 7) is 3.83. The van der Waals surface area contributed by atoms with E-state index in [2.05, 4.69) is 0 Å². The average Bonchev–Trinajstić information content (AvgIpc) is 2.66. The molecule has 0 amide bonds. The summed E-state index contributed by atoms with van der Waals surface area (Å²) in [5.74, 6) is -1.63. The predicted molar refractivity (Wildman–Crippen MR) is 44.3 cm³/mol. The SMILES string of the molecule is CC1(C)OC1c1ccc(F)c(F)c1. The van der Waals surface area contributed by atoms with E-state index in [0.29, 0.717) is 5.56 Å². The van der Waals surface area contributed by atoms with Crippen molar-refractivity contribution in [1.29, 1.82) is 0 Å². The highest BCUT2D eigenvalue weighted by molar-refractivity contribution is 5.26. The number of epoxide rings is 1. The Morgan fingerprint density at radius 1 is 1.23 bits per heavy atom. The van der Waals surface area contributed by atoms with Gasteiger partial charge in [0.2, 0.25) is 0 Å². The lowest BCUT2D eigenvalue weighted by Gasteiger charge is -1.98. The maximum absolute atomic E-state index is 12.8. The largest absolute Gasteiger partial charge is 0.362 e. The standard InChI is InChI=1S/C10H10F2O/c1-10(2)9(13-10)6-3-4-7(11)8(12)5-6/h3-5,9H,1-2H3. The molecule has 1 unspecified atom stereocenters. The fourth-order valence-electron chi connectivity index (χ4n) is 1.41. The molecular formula is C10H10F2O. The van der Waals surface area contributed by atoms with Crippen LogP contribution in [0.15, 0.2) is 18.2 Å². The summed E-state index contributed by atoms with van der Waals surface area (Å²) in [7, 11) is 0. The Kier molecular flexibility index (Phi) is 1.67. The molecule has 0 N–H and O–H groups in total. The summed E-state index contributed by atoms with van der Waals surface area (Å²) in [4.78, 5) is 0. The average molecular weight is 184 g/mol. The van der Waals surface area contributed by atoms with Crippen molar-refractivity contribution in [2.45, 2.75) is 25.6 Å². The van der Waals surface area contributed by atoms with Crippen LogP contribution in [0.4, 0.5) is 8.78 Å². The monoisotopic (exact) mass is 184 g/mol. The van der Waals surface area contributed by atoms with E-state index in [1.807, 2.05) is 13.8 Å². The van der Waals surface area contributed by atoms with E-state index in [9.17, 15) is 8.78 Å². The highest BCUT2D eigenvalue weighted by Crippen LogP contribution is 2.48. The van der Waals surface area contributed by atoms with Gasteiger partial charge < -0.3 is 4.74 Å². The Labute approximate surface area is 75.3 Å². The van der Waals surface area contributed by atoms with Crippen LogP contribution in [0.2, 0.25) is 0 Å². The molecule has 1 heterocycles. The molecule has 1 atom stereocenters. The molecule has 1 fully saturated rings. The van der Waals surface area contributed by atoms with Crippen LogP contribution in [-0.4, -0.2) is 5.60 Å².